The van der Waals surface area contributed by atoms with Gasteiger partial charge >= 0.3 is 11.9 Å². The molecule has 0 unspecified atom stereocenters. The molecule has 74 heavy (non-hydrogen) atoms. The Morgan fingerprint density at radius 2 is 1.05 bits per heavy atom. The highest BCUT2D eigenvalue weighted by atomic mass is 16.5. The van der Waals surface area contributed by atoms with Gasteiger partial charge in [-0.25, -0.2) is 19.3 Å². The number of H-pyrrole nitrogens is 2. The average Bonchev–Trinajstić information content (AvgIpc) is 4.28. The monoisotopic (exact) mass is 1000 g/mol. The van der Waals surface area contributed by atoms with Crippen molar-refractivity contribution in [2.45, 2.75) is 39.1 Å². The maximum absolute atomic E-state index is 10.7. The van der Waals surface area contributed by atoms with Crippen LogP contribution in [0.1, 0.15) is 52.6 Å². The smallest absolute Gasteiger partial charge is 0.305 e. The number of nitrogens with zero attached hydrogens (tertiary/aromatic N) is 8. The van der Waals surface area contributed by atoms with Crippen molar-refractivity contribution in [2.24, 2.45) is 0 Å². The van der Waals surface area contributed by atoms with Crippen LogP contribution in [-0.2, 0) is 54.8 Å². The van der Waals surface area contributed by atoms with Crippen LogP contribution in [0.4, 0.5) is 0 Å². The Kier molecular flexibility index (Phi) is 16.7. The highest BCUT2D eigenvalue weighted by Crippen LogP contribution is 2.43. The fraction of sp³-hybridized carbons (Fsp3) is 0.259. The maximum atomic E-state index is 10.7. The average molecular weight is 1000 g/mol. The van der Waals surface area contributed by atoms with Crippen LogP contribution < -0.4 is 9.47 Å². The normalized spacial score (nSPS) is 11.8. The van der Waals surface area contributed by atoms with Crippen LogP contribution in [0, 0.1) is 12.3 Å². The van der Waals surface area contributed by atoms with Gasteiger partial charge in [-0.2, -0.15) is 0 Å². The summed E-state index contributed by atoms with van der Waals surface area (Å²) >= 11 is 0. The summed E-state index contributed by atoms with van der Waals surface area (Å²) in [5.41, 5.74) is 11.3. The molecule has 7 aromatic rings. The summed E-state index contributed by atoms with van der Waals surface area (Å²) in [6, 6.07) is 25.5. The second kappa shape index (κ2) is 24.6. The topological polar surface area (TPSA) is 249 Å². The minimum atomic E-state index is -0.912. The van der Waals surface area contributed by atoms with E-state index in [-0.39, 0.29) is 52.5 Å². The van der Waals surface area contributed by atoms with E-state index in [1.807, 2.05) is 103 Å². The quantitative estimate of drug-likeness (QED) is 0.0306. The van der Waals surface area contributed by atoms with Gasteiger partial charge in [0.05, 0.1) is 120 Å². The number of aliphatic carboxylic acids is 2. The molecule has 20 nitrogen and oxygen atoms in total. The maximum Gasteiger partial charge on any atom is 0.305 e. The van der Waals surface area contributed by atoms with Crippen molar-refractivity contribution in [1.82, 2.24) is 49.9 Å². The van der Waals surface area contributed by atoms with E-state index in [9.17, 15) is 9.59 Å². The lowest BCUT2D eigenvalue weighted by Crippen LogP contribution is -2.11. The van der Waals surface area contributed by atoms with Crippen LogP contribution in [-0.4, -0.2) is 125 Å². The third kappa shape index (κ3) is 13.4. The molecule has 9 rings (SSSR count). The SMILES string of the molecule is C#Cc1ccc(-c2c3nc(cc4ccc([nH]4)c(-c4c(OCc5cn(CCOCCOCCC(=O)O)nn5)cccc4OCc4cn(CCOCCOCCC(=O)O)nn4)c4nc(cc5ccc2[nH]5)C=C4)C=C3)cc1. The van der Waals surface area contributed by atoms with Gasteiger partial charge in [-0.1, -0.05) is 34.5 Å². The first-order valence-electron chi connectivity index (χ1n) is 23.8. The Morgan fingerprint density at radius 3 is 1.55 bits per heavy atom. The molecule has 20 heteroatoms. The molecule has 0 saturated carbocycles. The minimum absolute atomic E-state index is 0.0611. The van der Waals surface area contributed by atoms with Crippen molar-refractivity contribution in [3.8, 4) is 46.1 Å². The number of terminal acetylenes is 1. The molecule has 0 spiro atoms. The van der Waals surface area contributed by atoms with E-state index in [1.165, 1.54) is 0 Å². The number of benzene rings is 2. The third-order valence-corrected chi connectivity index (χ3v) is 11.5. The number of aromatic amines is 2. The summed E-state index contributed by atoms with van der Waals surface area (Å²) < 4.78 is 38.5. The molecule has 2 aliphatic heterocycles. The van der Waals surface area contributed by atoms with Crippen LogP contribution >= 0.6 is 0 Å². The van der Waals surface area contributed by atoms with Gasteiger partial charge in [0.25, 0.3) is 0 Å². The van der Waals surface area contributed by atoms with Crippen molar-refractivity contribution in [2.75, 3.05) is 52.9 Å². The molecule has 7 heterocycles. The molecule has 0 saturated heterocycles. The number of hydrogen-bond acceptors (Lipinski definition) is 14. The number of fused-ring (bicyclic) bond motifs is 8. The predicted octanol–water partition coefficient (Wildman–Crippen LogP) is 7.33. The standard InChI is InChI=1S/C54H52N10O10/c1-2-36-6-8-37(9-7-36)52-44-14-10-38(55-44)30-40-12-16-46(57-40)53(47-17-13-41(58-47)31-39-11-15-45(52)56-39)54-48(73-34-42-32-63(61-59-42)20-24-71-28-26-69-22-18-50(65)66)4-3-5-49(54)74-35-43-33-64(62-60-43)21-25-72-29-27-70-23-19-51(67)68/h1,3-17,30-33,55,58H,18-29,34-35H2,(H,65,66)(H,67,68). The van der Waals surface area contributed by atoms with Crippen LogP contribution in [0.25, 0.3) is 68.6 Å². The van der Waals surface area contributed by atoms with Crippen molar-refractivity contribution in [3.63, 3.8) is 0 Å². The summed E-state index contributed by atoms with van der Waals surface area (Å²) in [7, 11) is 0. The molecule has 5 aromatic heterocycles. The molecule has 0 aliphatic carbocycles. The number of rotatable bonds is 26. The van der Waals surface area contributed by atoms with Gasteiger partial charge in [0.2, 0.25) is 0 Å². The number of nitrogens with one attached hydrogen (secondary N) is 2. The lowest BCUT2D eigenvalue weighted by molar-refractivity contribution is -0.139. The molecule has 0 atom stereocenters. The summed E-state index contributed by atoms with van der Waals surface area (Å²) in [4.78, 5) is 38.9. The molecular weight excluding hydrogens is 949 g/mol. The Bertz CT molecular complexity index is 3280. The van der Waals surface area contributed by atoms with E-state index in [1.54, 1.807) is 21.8 Å². The number of aromatic nitrogens is 10. The summed E-state index contributed by atoms with van der Waals surface area (Å²) in [5, 5.41) is 34.9. The Morgan fingerprint density at radius 1 is 0.568 bits per heavy atom. The third-order valence-electron chi connectivity index (χ3n) is 11.5. The van der Waals surface area contributed by atoms with Gasteiger partial charge in [0.1, 0.15) is 36.1 Å². The first-order chi connectivity index (χ1) is 36.2. The zero-order valence-corrected chi connectivity index (χ0v) is 40.2. The fourth-order valence-electron chi connectivity index (χ4n) is 7.98. The zero-order valence-electron chi connectivity index (χ0n) is 40.2. The molecule has 378 valence electrons. The van der Waals surface area contributed by atoms with E-state index in [2.05, 4.69) is 36.5 Å². The van der Waals surface area contributed by atoms with E-state index < -0.39 is 11.9 Å². The lowest BCUT2D eigenvalue weighted by atomic mass is 10.0. The van der Waals surface area contributed by atoms with E-state index in [4.69, 9.17) is 55.0 Å². The Hall–Kier alpha value is -8.74. The molecule has 4 N–H and O–H groups in total. The van der Waals surface area contributed by atoms with Crippen molar-refractivity contribution < 1.29 is 48.2 Å². The highest BCUT2D eigenvalue weighted by Gasteiger charge is 2.22. The second-order valence-electron chi connectivity index (χ2n) is 16.8. The molecule has 2 aliphatic rings. The number of carbonyl (C=O) groups is 2. The van der Waals surface area contributed by atoms with Crippen LogP contribution in [0.2, 0.25) is 0 Å². The van der Waals surface area contributed by atoms with Crippen molar-refractivity contribution in [1.29, 1.82) is 0 Å². The zero-order chi connectivity index (χ0) is 51.1. The number of hydrogen-bond donors (Lipinski definition) is 4. The molecule has 0 fully saturated rings. The minimum Gasteiger partial charge on any atom is -0.486 e. The second-order valence-corrected chi connectivity index (χ2v) is 16.8. The summed E-state index contributed by atoms with van der Waals surface area (Å²) in [6.45, 7) is 3.13. The predicted molar refractivity (Wildman–Crippen MR) is 274 cm³/mol. The van der Waals surface area contributed by atoms with Crippen LogP contribution in [0.15, 0.2) is 91.3 Å². The van der Waals surface area contributed by atoms with E-state index in [0.717, 1.165) is 50.1 Å². The van der Waals surface area contributed by atoms with E-state index >= 15 is 0 Å². The van der Waals surface area contributed by atoms with Gasteiger partial charge < -0.3 is 48.6 Å². The van der Waals surface area contributed by atoms with Gasteiger partial charge in [0, 0.05) is 38.8 Å². The van der Waals surface area contributed by atoms with Gasteiger partial charge in [0.15, 0.2) is 0 Å². The van der Waals surface area contributed by atoms with Gasteiger partial charge in [-0.3, -0.25) is 9.59 Å². The molecular formula is C54H52N10O10. The Balaban J connectivity index is 1.03. The molecule has 2 aromatic carbocycles. The van der Waals surface area contributed by atoms with E-state index in [0.29, 0.717) is 84.9 Å². The highest BCUT2D eigenvalue weighted by molar-refractivity contribution is 5.96. The molecule has 8 bridgehead atoms. The first kappa shape index (κ1) is 50.2. The van der Waals surface area contributed by atoms with Gasteiger partial charge in [-0.15, -0.1) is 16.6 Å². The first-order valence-corrected chi connectivity index (χ1v) is 23.8. The summed E-state index contributed by atoms with van der Waals surface area (Å²) in [6.07, 6.45) is 17.1. The largest absolute Gasteiger partial charge is 0.486 e. The van der Waals surface area contributed by atoms with Crippen molar-refractivity contribution >= 4 is 58.3 Å². The molecule has 0 radical (unpaired) electrons. The number of carboxylic acid groups (broad SMARTS) is 2. The Labute approximate surface area is 424 Å². The number of carboxylic acids is 2. The lowest BCUT2D eigenvalue weighted by Gasteiger charge is -2.17. The van der Waals surface area contributed by atoms with Gasteiger partial charge in [-0.05, 0) is 90.5 Å². The fourth-order valence-corrected chi connectivity index (χ4v) is 7.98. The van der Waals surface area contributed by atoms with Crippen LogP contribution in [0.5, 0.6) is 11.5 Å². The molecule has 0 amide bonds. The summed E-state index contributed by atoms with van der Waals surface area (Å²) in [5.74, 6) is 1.86. The number of ether oxygens (including phenoxy) is 6. The van der Waals surface area contributed by atoms with Crippen molar-refractivity contribution in [3.05, 3.63) is 131 Å². The van der Waals surface area contributed by atoms with Crippen LogP contribution in [0.3, 0.4) is 0 Å².